The Hall–Kier alpha value is -4.07. The van der Waals surface area contributed by atoms with Gasteiger partial charge < -0.3 is 19.5 Å². The summed E-state index contributed by atoms with van der Waals surface area (Å²) >= 11 is 0. The van der Waals surface area contributed by atoms with Crippen molar-refractivity contribution in [3.8, 4) is 28.5 Å². The summed E-state index contributed by atoms with van der Waals surface area (Å²) in [5.74, 6) is 1.13. The van der Waals surface area contributed by atoms with Crippen LogP contribution in [0, 0.1) is 6.92 Å². The Balaban J connectivity index is 1.62. The van der Waals surface area contributed by atoms with Crippen molar-refractivity contribution in [3.05, 3.63) is 60.3 Å². The van der Waals surface area contributed by atoms with Gasteiger partial charge in [0.2, 0.25) is 5.88 Å². The highest BCUT2D eigenvalue weighted by Crippen LogP contribution is 2.33. The predicted octanol–water partition coefficient (Wildman–Crippen LogP) is 4.37. The molecule has 0 radical (unpaired) electrons. The molecule has 4 rings (SSSR count). The van der Waals surface area contributed by atoms with E-state index >= 15 is 0 Å². The zero-order chi connectivity index (χ0) is 23.5. The zero-order valence-electron chi connectivity index (χ0n) is 19.2. The molecule has 1 atom stereocenters. The van der Waals surface area contributed by atoms with Gasteiger partial charge in [-0.05, 0) is 37.1 Å². The number of pyridine rings is 1. The van der Waals surface area contributed by atoms with E-state index < -0.39 is 6.10 Å². The molecule has 33 heavy (non-hydrogen) atoms. The van der Waals surface area contributed by atoms with Crippen molar-refractivity contribution in [1.29, 1.82) is 0 Å². The number of hydrogen-bond donors (Lipinski definition) is 1. The van der Waals surface area contributed by atoms with Crippen LogP contribution >= 0.6 is 0 Å². The molecule has 0 saturated carbocycles. The van der Waals surface area contributed by atoms with Crippen LogP contribution in [0.2, 0.25) is 0 Å². The second kappa shape index (κ2) is 9.20. The predicted molar refractivity (Wildman–Crippen MR) is 127 cm³/mol. The van der Waals surface area contributed by atoms with Gasteiger partial charge in [-0.15, -0.1) is 0 Å². The Morgan fingerprint density at radius 2 is 1.82 bits per heavy atom. The largest absolute Gasteiger partial charge is 0.497 e. The summed E-state index contributed by atoms with van der Waals surface area (Å²) in [4.78, 5) is 17.5. The maximum Gasteiger partial charge on any atom is 0.265 e. The number of benzene rings is 2. The Bertz CT molecular complexity index is 1300. The number of hydrogen-bond acceptors (Lipinski definition) is 6. The van der Waals surface area contributed by atoms with Crippen LogP contribution in [0.3, 0.4) is 0 Å². The highest BCUT2D eigenvalue weighted by atomic mass is 16.5. The van der Waals surface area contributed by atoms with E-state index in [0.29, 0.717) is 28.7 Å². The van der Waals surface area contributed by atoms with E-state index in [1.807, 2.05) is 50.4 Å². The number of aryl methyl sites for hydroxylation is 2. The molecule has 2 aromatic carbocycles. The monoisotopic (exact) mass is 446 g/mol. The Morgan fingerprint density at radius 1 is 1.06 bits per heavy atom. The molecule has 0 aliphatic carbocycles. The van der Waals surface area contributed by atoms with Crippen molar-refractivity contribution in [3.63, 3.8) is 0 Å². The van der Waals surface area contributed by atoms with E-state index in [0.717, 1.165) is 22.2 Å². The van der Waals surface area contributed by atoms with Gasteiger partial charge >= 0.3 is 0 Å². The third-order valence-electron chi connectivity index (χ3n) is 5.36. The molecule has 8 heteroatoms. The van der Waals surface area contributed by atoms with Crippen molar-refractivity contribution in [2.75, 3.05) is 19.5 Å². The summed E-state index contributed by atoms with van der Waals surface area (Å²) in [6, 6.07) is 17.0. The van der Waals surface area contributed by atoms with Gasteiger partial charge in [-0.25, -0.2) is 0 Å². The summed E-state index contributed by atoms with van der Waals surface area (Å²) in [5.41, 5.74) is 4.06. The molecule has 0 bridgehead atoms. The van der Waals surface area contributed by atoms with Gasteiger partial charge in [-0.3, -0.25) is 9.48 Å². The van der Waals surface area contributed by atoms with Crippen LogP contribution in [0.4, 0.5) is 5.69 Å². The molecule has 4 aromatic rings. The van der Waals surface area contributed by atoms with Gasteiger partial charge in [0.05, 0.1) is 31.0 Å². The number of carbonyl (C=O) groups is 1. The van der Waals surface area contributed by atoms with Gasteiger partial charge in [0.1, 0.15) is 11.5 Å². The van der Waals surface area contributed by atoms with Crippen molar-refractivity contribution in [1.82, 2.24) is 14.8 Å². The summed E-state index contributed by atoms with van der Waals surface area (Å²) < 4.78 is 18.3. The van der Waals surface area contributed by atoms with Gasteiger partial charge in [0.15, 0.2) is 11.8 Å². The first-order valence-corrected chi connectivity index (χ1v) is 10.5. The third-order valence-corrected chi connectivity index (χ3v) is 5.36. The average molecular weight is 447 g/mol. The minimum Gasteiger partial charge on any atom is -0.497 e. The van der Waals surface area contributed by atoms with Crippen LogP contribution in [-0.2, 0) is 11.8 Å². The van der Waals surface area contributed by atoms with E-state index in [1.54, 1.807) is 36.9 Å². The minimum absolute atomic E-state index is 0.331. The maximum atomic E-state index is 12.9. The quantitative estimate of drug-likeness (QED) is 0.454. The van der Waals surface area contributed by atoms with Crippen molar-refractivity contribution in [2.45, 2.75) is 20.0 Å². The summed E-state index contributed by atoms with van der Waals surface area (Å²) in [7, 11) is 4.94. The molecule has 0 aliphatic rings. The summed E-state index contributed by atoms with van der Waals surface area (Å²) in [6.45, 7) is 3.63. The number of fused-ring (bicyclic) bond motifs is 1. The smallest absolute Gasteiger partial charge is 0.265 e. The number of amides is 1. The number of methoxy groups -OCH3 is 2. The number of aromatic nitrogens is 3. The second-order valence-corrected chi connectivity index (χ2v) is 7.60. The SMILES string of the molecule is COc1ccc(NC(=O)[C@@H](C)Oc2cc(-c3ccccc3)c3c(C)nn(C)c3n2)c(OC)c1. The molecular formula is C25H26N4O4. The lowest BCUT2D eigenvalue weighted by Gasteiger charge is -2.17. The van der Waals surface area contributed by atoms with Crippen LogP contribution in [0.15, 0.2) is 54.6 Å². The van der Waals surface area contributed by atoms with E-state index in [9.17, 15) is 4.79 Å². The first-order chi connectivity index (χ1) is 15.9. The molecule has 2 heterocycles. The molecule has 0 saturated heterocycles. The standard InChI is InChI=1S/C25H26N4O4/c1-15-23-19(17-9-7-6-8-10-17)14-22(27-24(23)29(3)28-15)33-16(2)25(30)26-20-12-11-18(31-4)13-21(20)32-5/h6-14,16H,1-5H3,(H,26,30)/t16-/m1/s1. The lowest BCUT2D eigenvalue weighted by atomic mass is 10.0. The van der Waals surface area contributed by atoms with Gasteiger partial charge in [0.25, 0.3) is 5.91 Å². The molecule has 0 spiro atoms. The van der Waals surface area contributed by atoms with Gasteiger partial charge in [0, 0.05) is 19.2 Å². The highest BCUT2D eigenvalue weighted by molar-refractivity contribution is 5.97. The summed E-state index contributed by atoms with van der Waals surface area (Å²) in [5, 5.41) is 8.31. The number of anilines is 1. The second-order valence-electron chi connectivity index (χ2n) is 7.60. The molecule has 1 amide bonds. The third kappa shape index (κ3) is 4.45. The number of ether oxygens (including phenoxy) is 3. The summed E-state index contributed by atoms with van der Waals surface area (Å²) in [6.07, 6.45) is -0.806. The highest BCUT2D eigenvalue weighted by Gasteiger charge is 2.21. The minimum atomic E-state index is -0.806. The van der Waals surface area contributed by atoms with Crippen molar-refractivity contribution in [2.24, 2.45) is 7.05 Å². The van der Waals surface area contributed by atoms with E-state index in [4.69, 9.17) is 14.2 Å². The zero-order valence-corrected chi connectivity index (χ0v) is 19.2. The van der Waals surface area contributed by atoms with Crippen molar-refractivity contribution < 1.29 is 19.0 Å². The Labute approximate surface area is 192 Å². The number of carbonyl (C=O) groups excluding carboxylic acids is 1. The fraction of sp³-hybridized carbons (Fsp3) is 0.240. The van der Waals surface area contributed by atoms with Gasteiger partial charge in [-0.1, -0.05) is 30.3 Å². The van der Waals surface area contributed by atoms with Crippen LogP contribution in [0.1, 0.15) is 12.6 Å². The molecule has 0 unspecified atom stereocenters. The molecular weight excluding hydrogens is 420 g/mol. The van der Waals surface area contributed by atoms with E-state index in [2.05, 4.69) is 15.4 Å². The molecule has 170 valence electrons. The van der Waals surface area contributed by atoms with Crippen LogP contribution in [0.25, 0.3) is 22.2 Å². The molecule has 8 nitrogen and oxygen atoms in total. The fourth-order valence-electron chi connectivity index (χ4n) is 3.70. The van der Waals surface area contributed by atoms with Gasteiger partial charge in [-0.2, -0.15) is 10.1 Å². The normalized spacial score (nSPS) is 11.8. The van der Waals surface area contributed by atoms with Crippen molar-refractivity contribution >= 4 is 22.6 Å². The van der Waals surface area contributed by atoms with Crippen LogP contribution in [0.5, 0.6) is 17.4 Å². The fourth-order valence-corrected chi connectivity index (χ4v) is 3.70. The van der Waals surface area contributed by atoms with E-state index in [-0.39, 0.29) is 5.91 Å². The topological polar surface area (TPSA) is 87.5 Å². The lowest BCUT2D eigenvalue weighted by molar-refractivity contribution is -0.122. The number of nitrogens with one attached hydrogen (secondary N) is 1. The molecule has 2 aromatic heterocycles. The first kappa shape index (κ1) is 22.1. The maximum absolute atomic E-state index is 12.9. The Kier molecular flexibility index (Phi) is 6.17. The number of rotatable bonds is 7. The first-order valence-electron chi connectivity index (χ1n) is 10.5. The average Bonchev–Trinajstić information content (AvgIpc) is 3.12. The lowest BCUT2D eigenvalue weighted by Crippen LogP contribution is -2.30. The van der Waals surface area contributed by atoms with Crippen LogP contribution in [-0.4, -0.2) is 41.0 Å². The number of nitrogens with zero attached hydrogens (tertiary/aromatic N) is 3. The van der Waals surface area contributed by atoms with Crippen LogP contribution < -0.4 is 19.5 Å². The Morgan fingerprint density at radius 3 is 2.52 bits per heavy atom. The molecule has 1 N–H and O–H groups in total. The molecule has 0 fully saturated rings. The molecule has 0 aliphatic heterocycles. The van der Waals surface area contributed by atoms with E-state index in [1.165, 1.54) is 7.11 Å².